The molecule has 4 aromatic rings. The molecule has 4 rings (SSSR count). The summed E-state index contributed by atoms with van der Waals surface area (Å²) in [6.07, 6.45) is 5.94. The fourth-order valence-electron chi connectivity index (χ4n) is 3.01. The number of carbonyl (C=O) groups excluding carboxylic acids is 1. The first-order chi connectivity index (χ1) is 12.7. The molecule has 2 aromatic carbocycles. The Labute approximate surface area is 162 Å². The van der Waals surface area contributed by atoms with Crippen LogP contribution in [0, 0.1) is 0 Å². The monoisotopic (exact) mass is 381 g/mol. The van der Waals surface area contributed by atoms with Crippen LogP contribution in [0.5, 0.6) is 0 Å². The number of para-hydroxylation sites is 1. The molecule has 0 aliphatic carbocycles. The summed E-state index contributed by atoms with van der Waals surface area (Å²) in [7, 11) is 0. The lowest BCUT2D eigenvalue weighted by Crippen LogP contribution is -2.37. The first kappa shape index (κ1) is 18.7. The Balaban J connectivity index is 0.00000210. The van der Waals surface area contributed by atoms with Gasteiger partial charge < -0.3 is 16.0 Å². The average molecular weight is 382 g/mol. The molecule has 0 saturated heterocycles. The Kier molecular flexibility index (Phi) is 5.59. The van der Waals surface area contributed by atoms with Gasteiger partial charge in [-0.3, -0.25) is 4.79 Å². The van der Waals surface area contributed by atoms with E-state index in [0.29, 0.717) is 12.1 Å². The lowest BCUT2D eigenvalue weighted by molar-refractivity contribution is -0.117. The van der Waals surface area contributed by atoms with Crippen LogP contribution >= 0.6 is 12.4 Å². The predicted octanol–water partition coefficient (Wildman–Crippen LogP) is 3.28. The van der Waals surface area contributed by atoms with Crippen molar-refractivity contribution in [2.45, 2.75) is 12.5 Å². The predicted molar refractivity (Wildman–Crippen MR) is 109 cm³/mol. The zero-order chi connectivity index (χ0) is 17.9. The van der Waals surface area contributed by atoms with Gasteiger partial charge in [-0.1, -0.05) is 24.3 Å². The van der Waals surface area contributed by atoms with E-state index in [4.69, 9.17) is 5.73 Å². The van der Waals surface area contributed by atoms with Crippen molar-refractivity contribution >= 4 is 34.9 Å². The van der Waals surface area contributed by atoms with Crippen LogP contribution in [0.25, 0.3) is 16.6 Å². The van der Waals surface area contributed by atoms with Gasteiger partial charge in [0.1, 0.15) is 0 Å². The largest absolute Gasteiger partial charge is 0.361 e. The quantitative estimate of drug-likeness (QED) is 0.495. The molecule has 1 amide bonds. The number of fused-ring (bicyclic) bond motifs is 1. The van der Waals surface area contributed by atoms with E-state index in [1.165, 1.54) is 0 Å². The van der Waals surface area contributed by atoms with Gasteiger partial charge in [0.15, 0.2) is 0 Å². The highest BCUT2D eigenvalue weighted by Gasteiger charge is 2.16. The molecule has 6 nitrogen and oxygen atoms in total. The molecule has 0 spiro atoms. The third kappa shape index (κ3) is 4.02. The summed E-state index contributed by atoms with van der Waals surface area (Å²) in [5.41, 5.74) is 9.78. The zero-order valence-corrected chi connectivity index (χ0v) is 15.3. The lowest BCUT2D eigenvalue weighted by atomic mass is 10.0. The minimum atomic E-state index is -0.637. The average Bonchev–Trinajstić information content (AvgIpc) is 3.32. The van der Waals surface area contributed by atoms with Crippen LogP contribution in [-0.2, 0) is 11.2 Å². The summed E-state index contributed by atoms with van der Waals surface area (Å²) in [6, 6.07) is 16.7. The molecule has 0 bridgehead atoms. The topological polar surface area (TPSA) is 88.7 Å². The molecule has 4 N–H and O–H groups in total. The molecule has 0 aliphatic rings. The van der Waals surface area contributed by atoms with Crippen LogP contribution in [-0.4, -0.2) is 26.7 Å². The van der Waals surface area contributed by atoms with Crippen LogP contribution in [0.4, 0.5) is 5.69 Å². The minimum absolute atomic E-state index is 0. The maximum Gasteiger partial charge on any atom is 0.241 e. The number of aromatic nitrogens is 3. The number of halogens is 1. The molecule has 0 aliphatic heterocycles. The normalized spacial score (nSPS) is 11.7. The van der Waals surface area contributed by atoms with E-state index < -0.39 is 6.04 Å². The molecule has 7 heteroatoms. The van der Waals surface area contributed by atoms with Crippen molar-refractivity contribution < 1.29 is 4.79 Å². The van der Waals surface area contributed by atoms with Gasteiger partial charge in [-0.25, -0.2) is 4.68 Å². The maximum absolute atomic E-state index is 12.5. The van der Waals surface area contributed by atoms with Crippen LogP contribution in [0.2, 0.25) is 0 Å². The third-order valence-electron chi connectivity index (χ3n) is 4.33. The maximum atomic E-state index is 12.5. The van der Waals surface area contributed by atoms with E-state index in [0.717, 1.165) is 22.2 Å². The van der Waals surface area contributed by atoms with Gasteiger partial charge in [0, 0.05) is 35.2 Å². The molecule has 138 valence electrons. The molecule has 27 heavy (non-hydrogen) atoms. The summed E-state index contributed by atoms with van der Waals surface area (Å²) < 4.78 is 1.74. The molecule has 2 aromatic heterocycles. The van der Waals surface area contributed by atoms with Gasteiger partial charge >= 0.3 is 0 Å². The number of anilines is 1. The number of H-pyrrole nitrogens is 1. The van der Waals surface area contributed by atoms with Crippen molar-refractivity contribution in [3.05, 3.63) is 78.8 Å². The zero-order valence-electron chi connectivity index (χ0n) is 14.5. The second-order valence-electron chi connectivity index (χ2n) is 6.16. The van der Waals surface area contributed by atoms with Gasteiger partial charge in [-0.05, 0) is 42.3 Å². The molecule has 0 unspecified atom stereocenters. The van der Waals surface area contributed by atoms with E-state index >= 15 is 0 Å². The van der Waals surface area contributed by atoms with Crippen LogP contribution in [0.15, 0.2) is 73.2 Å². The number of benzene rings is 2. The molecular formula is C20H20ClN5O. The Morgan fingerprint density at radius 1 is 1.19 bits per heavy atom. The Morgan fingerprint density at radius 2 is 2.04 bits per heavy atom. The van der Waals surface area contributed by atoms with Crippen molar-refractivity contribution in [1.29, 1.82) is 0 Å². The highest BCUT2D eigenvalue weighted by molar-refractivity contribution is 5.95. The summed E-state index contributed by atoms with van der Waals surface area (Å²) in [5.74, 6) is -0.215. The lowest BCUT2D eigenvalue weighted by Gasteiger charge is -2.13. The van der Waals surface area contributed by atoms with Crippen LogP contribution < -0.4 is 11.1 Å². The first-order valence-electron chi connectivity index (χ1n) is 8.42. The van der Waals surface area contributed by atoms with E-state index in [-0.39, 0.29) is 18.3 Å². The number of nitrogens with one attached hydrogen (secondary N) is 2. The smallest absolute Gasteiger partial charge is 0.241 e. The fourth-order valence-corrected chi connectivity index (χ4v) is 3.01. The summed E-state index contributed by atoms with van der Waals surface area (Å²) in [6.45, 7) is 0. The van der Waals surface area contributed by atoms with Crippen molar-refractivity contribution in [2.24, 2.45) is 5.73 Å². The standard InChI is InChI=1S/C20H19N5O.ClH/c21-18(11-14-13-22-19-8-2-1-7-17(14)19)20(26)24-15-5-3-6-16(12-15)25-10-4-9-23-25;/h1-10,12-13,18,22H,11,21H2,(H,24,26);1H/t18-;/m1./s1. The Hall–Kier alpha value is -3.09. The van der Waals surface area contributed by atoms with E-state index in [1.807, 2.05) is 67.0 Å². The number of hydrogen-bond donors (Lipinski definition) is 3. The van der Waals surface area contributed by atoms with Gasteiger partial charge in [-0.2, -0.15) is 5.10 Å². The van der Waals surface area contributed by atoms with Gasteiger partial charge in [0.05, 0.1) is 11.7 Å². The van der Waals surface area contributed by atoms with Crippen molar-refractivity contribution in [1.82, 2.24) is 14.8 Å². The second-order valence-corrected chi connectivity index (χ2v) is 6.16. The SMILES string of the molecule is Cl.N[C@H](Cc1c[nH]c2ccccc12)C(=O)Nc1cccc(-n2cccn2)c1. The minimum Gasteiger partial charge on any atom is -0.361 e. The first-order valence-corrected chi connectivity index (χ1v) is 8.42. The number of carbonyl (C=O) groups is 1. The van der Waals surface area contributed by atoms with Gasteiger partial charge in [0.2, 0.25) is 5.91 Å². The van der Waals surface area contributed by atoms with Crippen molar-refractivity contribution in [3.8, 4) is 5.69 Å². The second kappa shape index (κ2) is 8.07. The van der Waals surface area contributed by atoms with E-state index in [9.17, 15) is 4.79 Å². The van der Waals surface area contributed by atoms with E-state index in [1.54, 1.807) is 10.9 Å². The highest BCUT2D eigenvalue weighted by Crippen LogP contribution is 2.19. The Morgan fingerprint density at radius 3 is 2.85 bits per heavy atom. The number of amides is 1. The van der Waals surface area contributed by atoms with Crippen molar-refractivity contribution in [3.63, 3.8) is 0 Å². The summed E-state index contributed by atoms with van der Waals surface area (Å²) in [4.78, 5) is 15.7. The number of rotatable bonds is 5. The van der Waals surface area contributed by atoms with Crippen molar-refractivity contribution in [2.75, 3.05) is 5.32 Å². The van der Waals surface area contributed by atoms with E-state index in [2.05, 4.69) is 15.4 Å². The third-order valence-corrected chi connectivity index (χ3v) is 4.33. The molecule has 1 atom stereocenters. The molecular weight excluding hydrogens is 362 g/mol. The van der Waals surface area contributed by atoms with Gasteiger partial charge in [-0.15, -0.1) is 12.4 Å². The summed E-state index contributed by atoms with van der Waals surface area (Å²) in [5, 5.41) is 8.18. The Bertz CT molecular complexity index is 1040. The molecule has 0 fully saturated rings. The molecule has 0 radical (unpaired) electrons. The highest BCUT2D eigenvalue weighted by atomic mass is 35.5. The number of aromatic amines is 1. The number of nitrogens with two attached hydrogens (primary N) is 1. The number of nitrogens with zero attached hydrogens (tertiary/aromatic N) is 2. The summed E-state index contributed by atoms with van der Waals surface area (Å²) >= 11 is 0. The van der Waals surface area contributed by atoms with Crippen LogP contribution in [0.3, 0.4) is 0 Å². The van der Waals surface area contributed by atoms with Crippen LogP contribution in [0.1, 0.15) is 5.56 Å². The molecule has 0 saturated carbocycles. The fraction of sp³-hybridized carbons (Fsp3) is 0.100. The molecule has 2 heterocycles. The van der Waals surface area contributed by atoms with Gasteiger partial charge in [0.25, 0.3) is 0 Å². The number of hydrogen-bond acceptors (Lipinski definition) is 3.